The van der Waals surface area contributed by atoms with Crippen LogP contribution in [0.25, 0.3) is 0 Å². The fourth-order valence-corrected chi connectivity index (χ4v) is 11.5. The maximum absolute atomic E-state index is 13.0. The van der Waals surface area contributed by atoms with Crippen molar-refractivity contribution in [2.24, 2.45) is 0 Å². The first kappa shape index (κ1) is 65.3. The van der Waals surface area contributed by atoms with Gasteiger partial charge in [0.15, 0.2) is 5.66 Å². The summed E-state index contributed by atoms with van der Waals surface area (Å²) in [4.78, 5) is 48.0. The Balaban J connectivity index is 0.000000428. The average molecular weight is 1170 g/mol. The second-order valence-corrected chi connectivity index (χ2v) is 36.1. The molecule has 2 aliphatic rings. The molecule has 0 aromatic heterocycles. The maximum Gasteiger partial charge on any atom is 0.344 e. The van der Waals surface area contributed by atoms with E-state index in [0.29, 0.717) is 54.4 Å². The number of rotatable bonds is 25. The largest absolute Gasteiger partial charge is 0.496 e. The van der Waals surface area contributed by atoms with Crippen LogP contribution in [-0.2, 0) is 81.8 Å². The molecule has 2 aromatic rings. The molecule has 0 saturated heterocycles. The van der Waals surface area contributed by atoms with Crippen molar-refractivity contribution >= 4 is 71.1 Å². The summed E-state index contributed by atoms with van der Waals surface area (Å²) in [5.74, 6) is 0.537. The lowest BCUT2D eigenvalue weighted by Crippen LogP contribution is -2.24. The molecule has 0 aliphatic carbocycles. The molecule has 0 saturated carbocycles. The Morgan fingerprint density at radius 2 is 1.05 bits per heavy atom. The van der Waals surface area contributed by atoms with Crippen molar-refractivity contribution < 1.29 is 84.3 Å². The Bertz CT molecular complexity index is 2410. The number of allylic oxidation sites excluding steroid dienone is 4. The molecule has 0 radical (unpaired) electrons. The van der Waals surface area contributed by atoms with E-state index in [9.17, 15) is 28.3 Å². The van der Waals surface area contributed by atoms with Crippen LogP contribution in [0, 0.1) is 13.8 Å². The third-order valence-corrected chi connectivity index (χ3v) is 20.2. The maximum atomic E-state index is 13.0. The van der Waals surface area contributed by atoms with Gasteiger partial charge in [0.25, 0.3) is 0 Å². The first-order valence-electron chi connectivity index (χ1n) is 23.6. The number of methoxy groups -OCH3 is 4. The summed E-state index contributed by atoms with van der Waals surface area (Å²) in [6.07, 6.45) is 4.80. The number of alkyl halides is 1. The lowest BCUT2D eigenvalue weighted by Gasteiger charge is -2.23. The van der Waals surface area contributed by atoms with Crippen LogP contribution in [-0.4, -0.2) is 127 Å². The highest BCUT2D eigenvalue weighted by molar-refractivity contribution is 9.09. The van der Waals surface area contributed by atoms with Gasteiger partial charge in [0.1, 0.15) is 53.5 Å². The molecular weight excluding hydrogens is 1090 g/mol. The van der Waals surface area contributed by atoms with Crippen LogP contribution in [0.15, 0.2) is 23.3 Å². The van der Waals surface area contributed by atoms with Crippen molar-refractivity contribution in [1.29, 1.82) is 0 Å². The number of cyclic esters (lactones) is 2. The predicted octanol–water partition coefficient (Wildman–Crippen LogP) is 11.2. The summed E-state index contributed by atoms with van der Waals surface area (Å²) >= 11 is 3.48. The van der Waals surface area contributed by atoms with Gasteiger partial charge in [-0.3, -0.25) is 18.7 Å². The average Bonchev–Trinajstić information content (AvgIpc) is 3.94. The van der Waals surface area contributed by atoms with Crippen LogP contribution < -0.4 is 18.9 Å². The van der Waals surface area contributed by atoms with Gasteiger partial charge >= 0.3 is 39.1 Å². The minimum Gasteiger partial charge on any atom is -0.496 e. The van der Waals surface area contributed by atoms with Crippen molar-refractivity contribution in [2.75, 3.05) is 81.6 Å². The molecule has 0 fully saturated rings. The molecule has 412 valence electrons. The Hall–Kier alpha value is -3.79. The Morgan fingerprint density at radius 3 is 1.38 bits per heavy atom. The highest BCUT2D eigenvalue weighted by Crippen LogP contribution is 2.54. The monoisotopic (exact) mass is 1160 g/mol. The number of esters is 4. The summed E-state index contributed by atoms with van der Waals surface area (Å²) < 4.78 is 86.9. The first-order valence-corrected chi connectivity index (χ1v) is 35.5. The van der Waals surface area contributed by atoms with Crippen molar-refractivity contribution in [3.63, 3.8) is 0 Å². The van der Waals surface area contributed by atoms with Crippen LogP contribution in [0.5, 0.6) is 23.0 Å². The fourth-order valence-electron chi connectivity index (χ4n) is 7.47. The highest BCUT2D eigenvalue weighted by Gasteiger charge is 2.41. The minimum atomic E-state index is -3.72. The summed E-state index contributed by atoms with van der Waals surface area (Å²) in [6, 6.07) is 1.95. The van der Waals surface area contributed by atoms with Crippen LogP contribution in [0.2, 0.25) is 51.4 Å². The van der Waals surface area contributed by atoms with Gasteiger partial charge in [-0.15, -0.1) is 0 Å². The van der Waals surface area contributed by atoms with Crippen LogP contribution in [0.4, 0.5) is 0 Å². The molecule has 0 amide bonds. The number of carbonyl (C=O) groups is 4. The topological polar surface area (TPSA) is 213 Å². The first-order chi connectivity index (χ1) is 34.1. The van der Waals surface area contributed by atoms with Crippen molar-refractivity contribution in [3.8, 4) is 23.0 Å². The second-order valence-electron chi connectivity index (χ2n) is 19.6. The molecule has 73 heavy (non-hydrogen) atoms. The number of hydrogen-bond donors (Lipinski definition) is 0. The molecule has 2 aromatic carbocycles. The number of carbonyl (C=O) groups excluding carboxylic acids is 4. The van der Waals surface area contributed by atoms with Crippen molar-refractivity contribution in [1.82, 2.24) is 0 Å². The van der Waals surface area contributed by atoms with Gasteiger partial charge < -0.3 is 56.0 Å². The van der Waals surface area contributed by atoms with Gasteiger partial charge in [0.2, 0.25) is 0 Å². The van der Waals surface area contributed by atoms with E-state index >= 15 is 0 Å². The number of halogens is 1. The number of benzene rings is 2. The molecule has 4 rings (SSSR count). The molecule has 1 unspecified atom stereocenters. The van der Waals surface area contributed by atoms with Gasteiger partial charge in [-0.25, -0.2) is 9.59 Å². The Labute approximate surface area is 443 Å². The van der Waals surface area contributed by atoms with E-state index in [0.717, 1.165) is 62.1 Å². The lowest BCUT2D eigenvalue weighted by molar-refractivity contribution is -0.140. The molecule has 0 spiro atoms. The van der Waals surface area contributed by atoms with E-state index in [1.54, 1.807) is 14.2 Å². The second kappa shape index (κ2) is 29.5. The normalized spacial score (nSPS) is 14.1. The smallest absolute Gasteiger partial charge is 0.344 e. The number of fused-ring (bicyclic) bond motifs is 2. The minimum absolute atomic E-state index is 0.103. The van der Waals surface area contributed by atoms with E-state index in [-0.39, 0.29) is 31.8 Å². The fraction of sp³-hybridized carbons (Fsp3) is 0.600. The summed E-state index contributed by atoms with van der Waals surface area (Å²) in [7, 11) is 1.03. The third kappa shape index (κ3) is 18.5. The summed E-state index contributed by atoms with van der Waals surface area (Å²) in [6.45, 7) is 23.0. The van der Waals surface area contributed by atoms with E-state index in [1.807, 2.05) is 26.8 Å². The molecule has 1 atom stereocenters. The quantitative estimate of drug-likeness (QED) is 0.0226. The van der Waals surface area contributed by atoms with Gasteiger partial charge in [-0.2, -0.15) is 0 Å². The zero-order valence-electron chi connectivity index (χ0n) is 46.1. The van der Waals surface area contributed by atoms with E-state index in [2.05, 4.69) is 82.0 Å². The molecule has 18 nitrogen and oxygen atoms in total. The molecule has 23 heteroatoms. The van der Waals surface area contributed by atoms with Gasteiger partial charge in [-0.1, -0.05) is 78.5 Å². The molecule has 0 N–H and O–H groups in total. The standard InChI is InChI=1S/C25H39O9PSi.C20H29BrO4Si.C5H11O5P/c1-16(14-20(24(26)30-4)35(28,31-5)32-6)10-11-18-22(29-3)17(2)19-15-34-25(27)21(19)23(18)33-12-13-36(7,8)9;1-13(11-21)7-8-15-18(23-3)14(2)16-12-25-20(22)17(16)19(15)24-9-10-26(4,5)6;1-8-5(6)4-11(7,9-2)10-3/h10,20H,11-15H2,1-9H3;7H,8-12H2,1-6H3;4H2,1-3H3/b16-10+;13-7+;. The predicted molar refractivity (Wildman–Crippen MR) is 290 cm³/mol. The summed E-state index contributed by atoms with van der Waals surface area (Å²) in [5, 5.41) is 0.813. The number of hydrogen-bond acceptors (Lipinski definition) is 18. The Morgan fingerprint density at radius 1 is 0.644 bits per heavy atom. The summed E-state index contributed by atoms with van der Waals surface area (Å²) in [5.41, 5.74) is 7.00. The van der Waals surface area contributed by atoms with E-state index in [1.165, 1.54) is 48.2 Å². The molecule has 0 bridgehead atoms. The number of ether oxygens (including phenoxy) is 8. The zero-order valence-corrected chi connectivity index (χ0v) is 51.5. The van der Waals surface area contributed by atoms with Gasteiger partial charge in [0.05, 0.1) is 41.7 Å². The zero-order chi connectivity index (χ0) is 55.6. The van der Waals surface area contributed by atoms with Crippen LogP contribution in [0.1, 0.15) is 74.4 Å². The van der Waals surface area contributed by atoms with E-state index < -0.39 is 54.9 Å². The third-order valence-electron chi connectivity index (χ3n) is 12.0. The molecule has 2 heterocycles. The molecular formula is C50H79BrO18P2Si2. The SMILES string of the molecule is COC(=O)C(C/C(C)=C/Cc1c(OC)c(C)c2c(c1OCC[Si](C)(C)C)C(=O)OC2)P(=O)(OC)OC.COC(=O)CP(=O)(OC)OC.COc1c(C)c2c(c(OCC[Si](C)(C)C)c1C/C=C(\C)CBr)C(=O)OC2. The van der Waals surface area contributed by atoms with E-state index in [4.69, 9.17) is 42.2 Å². The van der Waals surface area contributed by atoms with Crippen LogP contribution >= 0.6 is 31.1 Å². The van der Waals surface area contributed by atoms with Gasteiger partial charge in [0, 0.05) is 72.2 Å². The van der Waals surface area contributed by atoms with Crippen molar-refractivity contribution in [3.05, 3.63) is 67.8 Å². The molecule has 2 aliphatic heterocycles. The Kier molecular flexibility index (Phi) is 26.4. The highest BCUT2D eigenvalue weighted by atomic mass is 79.9. The van der Waals surface area contributed by atoms with Crippen molar-refractivity contribution in [2.45, 2.75) is 117 Å². The van der Waals surface area contributed by atoms with Crippen LogP contribution in [0.3, 0.4) is 0 Å². The lowest BCUT2D eigenvalue weighted by atomic mass is 9.94. The van der Waals surface area contributed by atoms with Gasteiger partial charge in [-0.05, 0) is 70.2 Å².